The van der Waals surface area contributed by atoms with Gasteiger partial charge in [-0.15, -0.1) is 0 Å². The Balaban J connectivity index is 2.16. The van der Waals surface area contributed by atoms with E-state index in [0.717, 1.165) is 17.1 Å². The van der Waals surface area contributed by atoms with Crippen LogP contribution in [0.2, 0.25) is 5.02 Å². The van der Waals surface area contributed by atoms with Gasteiger partial charge < -0.3 is 10.3 Å². The Bertz CT molecular complexity index is 518. The maximum Gasteiger partial charge on any atom is 0.248 e. The molecule has 2 aromatic rings. The third-order valence-corrected chi connectivity index (χ3v) is 3.64. The van der Waals surface area contributed by atoms with Crippen LogP contribution in [0.5, 0.6) is 0 Å². The molecule has 0 fully saturated rings. The Morgan fingerprint density at radius 1 is 1.44 bits per heavy atom. The van der Waals surface area contributed by atoms with Crippen molar-refractivity contribution in [1.82, 2.24) is 10.1 Å². The molecule has 0 unspecified atom stereocenters. The minimum atomic E-state index is -0.480. The van der Waals surface area contributed by atoms with Crippen molar-refractivity contribution in [3.05, 3.63) is 46.6 Å². The van der Waals surface area contributed by atoms with E-state index >= 15 is 0 Å². The lowest BCUT2D eigenvalue weighted by molar-refractivity contribution is 0.363. The number of nitrogens with two attached hydrogens (primary N) is 1. The largest absolute Gasteiger partial charge is 0.337 e. The van der Waals surface area contributed by atoms with Crippen molar-refractivity contribution in [3.8, 4) is 0 Å². The molecule has 0 aliphatic heterocycles. The molecule has 0 bridgehead atoms. The van der Waals surface area contributed by atoms with Crippen molar-refractivity contribution in [2.45, 2.75) is 18.7 Å². The molecule has 0 aliphatic carbocycles. The van der Waals surface area contributed by atoms with Crippen molar-refractivity contribution >= 4 is 23.4 Å². The number of aromatic nitrogens is 2. The van der Waals surface area contributed by atoms with E-state index in [2.05, 4.69) is 17.1 Å². The predicted molar refractivity (Wildman–Crippen MR) is 73.6 cm³/mol. The number of benzene rings is 1. The van der Waals surface area contributed by atoms with E-state index < -0.39 is 6.04 Å². The Morgan fingerprint density at radius 2 is 2.22 bits per heavy atom. The molecule has 1 atom stereocenters. The standard InChI is InChI=1S/C12H14ClN3OS/c1-2-18-7-10-15-12(17-16-10)11(14)8-5-3-4-6-9(8)13/h3-6,11H,2,7,14H2,1H3/t11-/m1/s1. The van der Waals surface area contributed by atoms with Gasteiger partial charge >= 0.3 is 0 Å². The lowest BCUT2D eigenvalue weighted by atomic mass is 10.1. The lowest BCUT2D eigenvalue weighted by Gasteiger charge is -2.08. The van der Waals surface area contributed by atoms with Gasteiger partial charge in [-0.3, -0.25) is 0 Å². The minimum Gasteiger partial charge on any atom is -0.337 e. The molecule has 0 spiro atoms. The summed E-state index contributed by atoms with van der Waals surface area (Å²) in [6.07, 6.45) is 0. The van der Waals surface area contributed by atoms with Gasteiger partial charge in [0, 0.05) is 5.02 Å². The fourth-order valence-corrected chi connectivity index (χ4v) is 2.26. The van der Waals surface area contributed by atoms with Gasteiger partial charge in [-0.2, -0.15) is 16.7 Å². The molecule has 1 aromatic carbocycles. The Morgan fingerprint density at radius 3 is 2.94 bits per heavy atom. The van der Waals surface area contributed by atoms with E-state index in [1.807, 2.05) is 18.2 Å². The lowest BCUT2D eigenvalue weighted by Crippen LogP contribution is -2.12. The monoisotopic (exact) mass is 283 g/mol. The van der Waals surface area contributed by atoms with Gasteiger partial charge in [-0.1, -0.05) is 41.9 Å². The first kappa shape index (κ1) is 13.4. The second-order valence-electron chi connectivity index (χ2n) is 3.69. The van der Waals surface area contributed by atoms with Crippen LogP contribution in [0, 0.1) is 0 Å². The van der Waals surface area contributed by atoms with Crippen LogP contribution in [0.25, 0.3) is 0 Å². The third-order valence-electron chi connectivity index (χ3n) is 2.43. The van der Waals surface area contributed by atoms with Crippen LogP contribution in [0.3, 0.4) is 0 Å². The van der Waals surface area contributed by atoms with Crippen molar-refractivity contribution in [2.75, 3.05) is 5.75 Å². The van der Waals surface area contributed by atoms with Crippen LogP contribution < -0.4 is 5.73 Å². The fourth-order valence-electron chi connectivity index (χ4n) is 1.51. The fraction of sp³-hybridized carbons (Fsp3) is 0.333. The smallest absolute Gasteiger partial charge is 0.248 e. The summed E-state index contributed by atoms with van der Waals surface area (Å²) in [4.78, 5) is 4.28. The van der Waals surface area contributed by atoms with Gasteiger partial charge in [0.1, 0.15) is 6.04 Å². The number of nitrogens with zero attached hydrogens (tertiary/aromatic N) is 2. The SMILES string of the molecule is CCSCc1noc([C@H](N)c2ccccc2Cl)n1. The van der Waals surface area contributed by atoms with Crippen molar-refractivity contribution in [2.24, 2.45) is 5.73 Å². The summed E-state index contributed by atoms with van der Waals surface area (Å²) in [6.45, 7) is 2.08. The number of hydrogen-bond donors (Lipinski definition) is 1. The van der Waals surface area contributed by atoms with Crippen LogP contribution >= 0.6 is 23.4 Å². The van der Waals surface area contributed by atoms with E-state index in [1.165, 1.54) is 0 Å². The quantitative estimate of drug-likeness (QED) is 0.914. The molecule has 1 heterocycles. The topological polar surface area (TPSA) is 64.9 Å². The number of hydrogen-bond acceptors (Lipinski definition) is 5. The molecule has 4 nitrogen and oxygen atoms in total. The van der Waals surface area contributed by atoms with Crippen LogP contribution in [0.1, 0.15) is 30.2 Å². The molecular weight excluding hydrogens is 270 g/mol. The molecule has 0 radical (unpaired) electrons. The molecule has 0 saturated heterocycles. The summed E-state index contributed by atoms with van der Waals surface area (Å²) in [5.41, 5.74) is 6.86. The molecule has 0 amide bonds. The zero-order valence-electron chi connectivity index (χ0n) is 9.97. The molecule has 96 valence electrons. The summed E-state index contributed by atoms with van der Waals surface area (Å²) in [7, 11) is 0. The highest BCUT2D eigenvalue weighted by Gasteiger charge is 2.18. The summed E-state index contributed by atoms with van der Waals surface area (Å²) < 4.78 is 5.17. The van der Waals surface area contributed by atoms with Gasteiger partial charge in [0.05, 0.1) is 5.75 Å². The van der Waals surface area contributed by atoms with E-state index in [4.69, 9.17) is 21.9 Å². The van der Waals surface area contributed by atoms with E-state index in [-0.39, 0.29) is 0 Å². The van der Waals surface area contributed by atoms with Gasteiger partial charge in [-0.05, 0) is 17.4 Å². The van der Waals surface area contributed by atoms with Gasteiger partial charge in [0.15, 0.2) is 5.82 Å². The summed E-state index contributed by atoms with van der Waals surface area (Å²) in [6, 6.07) is 6.91. The number of thioether (sulfide) groups is 1. The molecule has 0 aliphatic rings. The number of halogens is 1. The average Bonchev–Trinajstić information content (AvgIpc) is 2.85. The van der Waals surface area contributed by atoms with E-state index in [0.29, 0.717) is 16.7 Å². The number of rotatable bonds is 5. The molecular formula is C12H14ClN3OS. The van der Waals surface area contributed by atoms with Gasteiger partial charge in [0.2, 0.25) is 5.89 Å². The molecule has 1 aromatic heterocycles. The zero-order valence-corrected chi connectivity index (χ0v) is 11.5. The molecule has 6 heteroatoms. The Hall–Kier alpha value is -1.04. The van der Waals surface area contributed by atoms with Gasteiger partial charge in [0.25, 0.3) is 0 Å². The Labute approximate surface area is 115 Å². The maximum absolute atomic E-state index is 6.09. The second kappa shape index (κ2) is 6.22. The van der Waals surface area contributed by atoms with E-state index in [1.54, 1.807) is 17.8 Å². The predicted octanol–water partition coefficient (Wildman–Crippen LogP) is 3.02. The van der Waals surface area contributed by atoms with E-state index in [9.17, 15) is 0 Å². The highest BCUT2D eigenvalue weighted by atomic mass is 35.5. The van der Waals surface area contributed by atoms with Crippen LogP contribution in [0.4, 0.5) is 0 Å². The second-order valence-corrected chi connectivity index (χ2v) is 5.37. The summed E-state index contributed by atoms with van der Waals surface area (Å²) in [5, 5.41) is 4.50. The molecule has 2 rings (SSSR count). The maximum atomic E-state index is 6.09. The van der Waals surface area contributed by atoms with Crippen LogP contribution in [-0.4, -0.2) is 15.9 Å². The first-order valence-electron chi connectivity index (χ1n) is 5.62. The van der Waals surface area contributed by atoms with Crippen molar-refractivity contribution in [1.29, 1.82) is 0 Å². The first-order valence-corrected chi connectivity index (χ1v) is 7.16. The third kappa shape index (κ3) is 3.04. The first-order chi connectivity index (χ1) is 8.72. The zero-order chi connectivity index (χ0) is 13.0. The summed E-state index contributed by atoms with van der Waals surface area (Å²) >= 11 is 7.82. The highest BCUT2D eigenvalue weighted by Crippen LogP contribution is 2.25. The van der Waals surface area contributed by atoms with Crippen molar-refractivity contribution in [3.63, 3.8) is 0 Å². The molecule has 0 saturated carbocycles. The molecule has 2 N–H and O–H groups in total. The minimum absolute atomic E-state index is 0.398. The molecule has 18 heavy (non-hydrogen) atoms. The average molecular weight is 284 g/mol. The van der Waals surface area contributed by atoms with Crippen LogP contribution in [0.15, 0.2) is 28.8 Å². The summed E-state index contributed by atoms with van der Waals surface area (Å²) in [5.74, 6) is 2.81. The van der Waals surface area contributed by atoms with Crippen LogP contribution in [-0.2, 0) is 5.75 Å². The van der Waals surface area contributed by atoms with Gasteiger partial charge in [-0.25, -0.2) is 0 Å². The highest BCUT2D eigenvalue weighted by molar-refractivity contribution is 7.98. The Kier molecular flexibility index (Phi) is 4.63. The normalized spacial score (nSPS) is 12.6. The van der Waals surface area contributed by atoms with Crippen molar-refractivity contribution < 1.29 is 4.52 Å².